The number of nitrogens with zero attached hydrogens (tertiary/aromatic N) is 1. The molecule has 0 aromatic carbocycles. The van der Waals surface area contributed by atoms with Crippen molar-refractivity contribution >= 4 is 11.6 Å². The fraction of sp³-hybridized carbons (Fsp3) is 0.500. The van der Waals surface area contributed by atoms with E-state index in [1.54, 1.807) is 7.11 Å². The number of nitrogens with two attached hydrogens (primary N) is 2. The highest BCUT2D eigenvalue weighted by Gasteiger charge is 2.11. The fourth-order valence-corrected chi connectivity index (χ4v) is 1.36. The van der Waals surface area contributed by atoms with Crippen LogP contribution in [0.1, 0.15) is 16.8 Å². The number of amides is 1. The summed E-state index contributed by atoms with van der Waals surface area (Å²) in [5.41, 5.74) is 11.3. The molecule has 1 aromatic heterocycles. The van der Waals surface area contributed by atoms with Crippen LogP contribution < -0.4 is 16.2 Å². The Labute approximate surface area is 111 Å². The van der Waals surface area contributed by atoms with Gasteiger partial charge in [0.1, 0.15) is 12.2 Å². The number of hydrogen-bond acceptors (Lipinski definition) is 6. The Hall–Kier alpha value is -1.86. The van der Waals surface area contributed by atoms with E-state index >= 15 is 0 Å². The molecule has 0 saturated carbocycles. The molecule has 106 valence electrons. The molecule has 0 spiro atoms. The van der Waals surface area contributed by atoms with Gasteiger partial charge in [-0.2, -0.15) is 0 Å². The standard InChI is InChI=1S/C12H19N3O4/c1-17-3-2-4-18-5-6-19-12-10(11(14)16)7-9(13)8-15-12/h7-8H,2-6,13H2,1H3,(H2,14,16). The summed E-state index contributed by atoms with van der Waals surface area (Å²) >= 11 is 0. The number of methoxy groups -OCH3 is 1. The maximum atomic E-state index is 11.2. The molecule has 7 heteroatoms. The molecular weight excluding hydrogens is 250 g/mol. The molecule has 1 amide bonds. The van der Waals surface area contributed by atoms with Gasteiger partial charge in [-0.15, -0.1) is 0 Å². The highest BCUT2D eigenvalue weighted by Crippen LogP contribution is 2.17. The SMILES string of the molecule is COCCCOCCOc1ncc(N)cc1C(N)=O. The van der Waals surface area contributed by atoms with E-state index in [0.29, 0.717) is 25.5 Å². The average molecular weight is 269 g/mol. The number of nitrogen functional groups attached to an aromatic ring is 1. The number of aromatic nitrogens is 1. The van der Waals surface area contributed by atoms with E-state index in [2.05, 4.69) is 4.98 Å². The lowest BCUT2D eigenvalue weighted by molar-refractivity contribution is 0.0787. The summed E-state index contributed by atoms with van der Waals surface area (Å²) in [4.78, 5) is 15.1. The topological polar surface area (TPSA) is 110 Å². The Balaban J connectivity index is 2.35. The van der Waals surface area contributed by atoms with Crippen LogP contribution in [0.3, 0.4) is 0 Å². The van der Waals surface area contributed by atoms with Gasteiger partial charge < -0.3 is 25.7 Å². The Morgan fingerprint density at radius 1 is 1.32 bits per heavy atom. The van der Waals surface area contributed by atoms with E-state index < -0.39 is 5.91 Å². The van der Waals surface area contributed by atoms with Crippen molar-refractivity contribution in [3.8, 4) is 5.88 Å². The first kappa shape index (κ1) is 15.2. The lowest BCUT2D eigenvalue weighted by atomic mass is 10.2. The van der Waals surface area contributed by atoms with Gasteiger partial charge in [0.15, 0.2) is 0 Å². The van der Waals surface area contributed by atoms with Crippen LogP contribution in [-0.4, -0.2) is 44.4 Å². The Kier molecular flexibility index (Phi) is 6.62. The number of ether oxygens (including phenoxy) is 3. The van der Waals surface area contributed by atoms with Crippen LogP contribution in [-0.2, 0) is 9.47 Å². The van der Waals surface area contributed by atoms with Gasteiger partial charge >= 0.3 is 0 Å². The Morgan fingerprint density at radius 3 is 2.79 bits per heavy atom. The van der Waals surface area contributed by atoms with Crippen LogP contribution in [0.15, 0.2) is 12.3 Å². The molecule has 7 nitrogen and oxygen atoms in total. The van der Waals surface area contributed by atoms with Crippen LogP contribution in [0.5, 0.6) is 5.88 Å². The number of carbonyl (C=O) groups is 1. The summed E-state index contributed by atoms with van der Waals surface area (Å²) in [6.07, 6.45) is 2.23. The predicted octanol–water partition coefficient (Wildman–Crippen LogP) is 0.195. The van der Waals surface area contributed by atoms with Crippen LogP contribution >= 0.6 is 0 Å². The molecule has 0 unspecified atom stereocenters. The summed E-state index contributed by atoms with van der Waals surface area (Å²) in [6.45, 7) is 1.93. The van der Waals surface area contributed by atoms with E-state index in [1.807, 2.05) is 0 Å². The molecular formula is C12H19N3O4. The second-order valence-electron chi connectivity index (χ2n) is 3.79. The number of rotatable bonds is 9. The third-order valence-electron chi connectivity index (χ3n) is 2.24. The van der Waals surface area contributed by atoms with Crippen LogP contribution in [0, 0.1) is 0 Å². The van der Waals surface area contributed by atoms with E-state index in [1.165, 1.54) is 12.3 Å². The quantitative estimate of drug-likeness (QED) is 0.619. The molecule has 0 aliphatic rings. The minimum Gasteiger partial charge on any atom is -0.475 e. The minimum absolute atomic E-state index is 0.166. The maximum absolute atomic E-state index is 11.2. The molecule has 0 fully saturated rings. The van der Waals surface area contributed by atoms with Crippen molar-refractivity contribution in [1.82, 2.24) is 4.98 Å². The van der Waals surface area contributed by atoms with Crippen molar-refractivity contribution in [2.75, 3.05) is 39.3 Å². The normalized spacial score (nSPS) is 10.4. The highest BCUT2D eigenvalue weighted by molar-refractivity contribution is 5.95. The molecule has 0 bridgehead atoms. The van der Waals surface area contributed by atoms with Gasteiger partial charge in [0.25, 0.3) is 5.91 Å². The van der Waals surface area contributed by atoms with E-state index in [9.17, 15) is 4.79 Å². The molecule has 1 aromatic rings. The zero-order chi connectivity index (χ0) is 14.1. The molecule has 0 saturated heterocycles. The van der Waals surface area contributed by atoms with Crippen molar-refractivity contribution in [3.63, 3.8) is 0 Å². The number of anilines is 1. The predicted molar refractivity (Wildman–Crippen MR) is 70.0 cm³/mol. The van der Waals surface area contributed by atoms with Crippen LogP contribution in [0.2, 0.25) is 0 Å². The largest absolute Gasteiger partial charge is 0.475 e. The fourth-order valence-electron chi connectivity index (χ4n) is 1.36. The highest BCUT2D eigenvalue weighted by atomic mass is 16.5. The van der Waals surface area contributed by atoms with Crippen molar-refractivity contribution in [2.24, 2.45) is 5.73 Å². The van der Waals surface area contributed by atoms with Crippen LogP contribution in [0.4, 0.5) is 5.69 Å². The molecule has 0 atom stereocenters. The van der Waals surface area contributed by atoms with Crippen molar-refractivity contribution in [1.29, 1.82) is 0 Å². The van der Waals surface area contributed by atoms with E-state index in [0.717, 1.165) is 6.42 Å². The number of pyridine rings is 1. The second kappa shape index (κ2) is 8.28. The number of hydrogen-bond donors (Lipinski definition) is 2. The maximum Gasteiger partial charge on any atom is 0.254 e. The molecule has 19 heavy (non-hydrogen) atoms. The zero-order valence-corrected chi connectivity index (χ0v) is 10.9. The summed E-state index contributed by atoms with van der Waals surface area (Å²) in [7, 11) is 1.64. The molecule has 1 heterocycles. The molecule has 0 aliphatic heterocycles. The van der Waals surface area contributed by atoms with Gasteiger partial charge in [0.2, 0.25) is 5.88 Å². The lowest BCUT2D eigenvalue weighted by Gasteiger charge is -2.09. The van der Waals surface area contributed by atoms with E-state index in [-0.39, 0.29) is 18.1 Å². The van der Waals surface area contributed by atoms with Crippen LogP contribution in [0.25, 0.3) is 0 Å². The lowest BCUT2D eigenvalue weighted by Crippen LogP contribution is -2.16. The Morgan fingerprint density at radius 2 is 2.11 bits per heavy atom. The molecule has 0 aliphatic carbocycles. The van der Waals surface area contributed by atoms with Crippen molar-refractivity contribution in [2.45, 2.75) is 6.42 Å². The number of carbonyl (C=O) groups excluding carboxylic acids is 1. The summed E-state index contributed by atoms with van der Waals surface area (Å²) < 4.78 is 15.5. The van der Waals surface area contributed by atoms with Gasteiger partial charge in [-0.3, -0.25) is 4.79 Å². The third-order valence-corrected chi connectivity index (χ3v) is 2.24. The second-order valence-corrected chi connectivity index (χ2v) is 3.79. The zero-order valence-electron chi connectivity index (χ0n) is 10.9. The Bertz CT molecular complexity index is 412. The first-order valence-electron chi connectivity index (χ1n) is 5.90. The summed E-state index contributed by atoms with van der Waals surface area (Å²) in [5, 5.41) is 0. The third kappa shape index (κ3) is 5.54. The van der Waals surface area contributed by atoms with Gasteiger partial charge in [0, 0.05) is 20.3 Å². The summed E-state index contributed by atoms with van der Waals surface area (Å²) in [6, 6.07) is 1.43. The van der Waals surface area contributed by atoms with Gasteiger partial charge in [-0.05, 0) is 12.5 Å². The minimum atomic E-state index is -0.629. The molecule has 1 rings (SSSR count). The first-order valence-corrected chi connectivity index (χ1v) is 5.90. The molecule has 0 radical (unpaired) electrons. The van der Waals surface area contributed by atoms with E-state index in [4.69, 9.17) is 25.7 Å². The van der Waals surface area contributed by atoms with Crippen molar-refractivity contribution < 1.29 is 19.0 Å². The van der Waals surface area contributed by atoms with Gasteiger partial charge in [-0.1, -0.05) is 0 Å². The smallest absolute Gasteiger partial charge is 0.254 e. The summed E-state index contributed by atoms with van der Waals surface area (Å²) in [5.74, 6) is -0.460. The first-order chi connectivity index (χ1) is 9.15. The van der Waals surface area contributed by atoms with Gasteiger partial charge in [0.05, 0.1) is 18.5 Å². The average Bonchev–Trinajstić information content (AvgIpc) is 2.39. The molecule has 4 N–H and O–H groups in total. The van der Waals surface area contributed by atoms with Gasteiger partial charge in [-0.25, -0.2) is 4.98 Å². The monoisotopic (exact) mass is 269 g/mol. The number of primary amides is 1. The van der Waals surface area contributed by atoms with Crippen molar-refractivity contribution in [3.05, 3.63) is 17.8 Å².